The smallest absolute Gasteiger partial charge is 0.173 e. The van der Waals surface area contributed by atoms with Gasteiger partial charge in [0.1, 0.15) is 0 Å². The van der Waals surface area contributed by atoms with E-state index in [1.165, 1.54) is 6.08 Å². The molecule has 0 rings (SSSR count). The molecule has 3 heteroatoms. The molecule has 0 spiro atoms. The number of allylic oxidation sites excluding steroid dienone is 1. The van der Waals surface area contributed by atoms with Crippen LogP contribution in [0.1, 0.15) is 19.8 Å². The van der Waals surface area contributed by atoms with Gasteiger partial charge < -0.3 is 14.6 Å². The first-order valence-corrected chi connectivity index (χ1v) is 5.11. The number of hydrogen-bond donors (Lipinski definition) is 1. The first-order valence-electron chi connectivity index (χ1n) is 5.11. The SMILES string of the molecule is C=CC(O)OCCC=COCCC=CC. The number of aliphatic hydroxyl groups excluding tert-OH is 1. The van der Waals surface area contributed by atoms with Gasteiger partial charge in [0, 0.05) is 0 Å². The van der Waals surface area contributed by atoms with Crippen molar-refractivity contribution >= 4 is 0 Å². The van der Waals surface area contributed by atoms with Crippen LogP contribution in [0.15, 0.2) is 37.1 Å². The highest BCUT2D eigenvalue weighted by Crippen LogP contribution is 1.92. The van der Waals surface area contributed by atoms with Crippen LogP contribution in [0.5, 0.6) is 0 Å². The summed E-state index contributed by atoms with van der Waals surface area (Å²) in [4.78, 5) is 0. The maximum Gasteiger partial charge on any atom is 0.173 e. The van der Waals surface area contributed by atoms with Gasteiger partial charge in [-0.3, -0.25) is 0 Å². The molecule has 0 radical (unpaired) electrons. The van der Waals surface area contributed by atoms with Crippen molar-refractivity contribution in [2.45, 2.75) is 26.1 Å². The molecule has 3 nitrogen and oxygen atoms in total. The molecule has 0 saturated carbocycles. The van der Waals surface area contributed by atoms with Gasteiger partial charge in [0.25, 0.3) is 0 Å². The Bertz CT molecular complexity index is 197. The summed E-state index contributed by atoms with van der Waals surface area (Å²) >= 11 is 0. The zero-order valence-corrected chi connectivity index (χ0v) is 9.26. The predicted octanol–water partition coefficient (Wildman–Crippen LogP) is 2.39. The van der Waals surface area contributed by atoms with E-state index in [4.69, 9.17) is 14.6 Å². The minimum absolute atomic E-state index is 0.460. The van der Waals surface area contributed by atoms with Crippen LogP contribution < -0.4 is 0 Å². The fourth-order valence-electron chi connectivity index (χ4n) is 0.832. The molecule has 1 N–H and O–H groups in total. The Morgan fingerprint density at radius 3 is 2.67 bits per heavy atom. The van der Waals surface area contributed by atoms with E-state index < -0.39 is 6.29 Å². The number of ether oxygens (including phenoxy) is 2. The highest BCUT2D eigenvalue weighted by molar-refractivity contribution is 4.78. The molecular weight excluding hydrogens is 192 g/mol. The highest BCUT2D eigenvalue weighted by atomic mass is 16.6. The molecule has 0 aliphatic rings. The Balaban J connectivity index is 3.20. The van der Waals surface area contributed by atoms with Crippen molar-refractivity contribution in [3.8, 4) is 0 Å². The van der Waals surface area contributed by atoms with Crippen molar-refractivity contribution in [2.24, 2.45) is 0 Å². The molecule has 0 fully saturated rings. The molecule has 0 aromatic rings. The predicted molar refractivity (Wildman–Crippen MR) is 61.3 cm³/mol. The van der Waals surface area contributed by atoms with Crippen molar-refractivity contribution in [3.63, 3.8) is 0 Å². The van der Waals surface area contributed by atoms with Crippen LogP contribution in [0.2, 0.25) is 0 Å². The Kier molecular flexibility index (Phi) is 10.2. The van der Waals surface area contributed by atoms with Crippen molar-refractivity contribution in [3.05, 3.63) is 37.1 Å². The molecule has 1 unspecified atom stereocenters. The first-order chi connectivity index (χ1) is 7.31. The number of aliphatic hydroxyl groups is 1. The van der Waals surface area contributed by atoms with Crippen LogP contribution in [0.3, 0.4) is 0 Å². The van der Waals surface area contributed by atoms with Gasteiger partial charge in [-0.1, -0.05) is 18.7 Å². The third-order valence-corrected chi connectivity index (χ3v) is 1.61. The van der Waals surface area contributed by atoms with E-state index in [0.29, 0.717) is 19.6 Å². The second kappa shape index (κ2) is 11.0. The molecule has 0 heterocycles. The molecule has 86 valence electrons. The lowest BCUT2D eigenvalue weighted by Crippen LogP contribution is -2.08. The van der Waals surface area contributed by atoms with Gasteiger partial charge in [-0.2, -0.15) is 0 Å². The zero-order valence-electron chi connectivity index (χ0n) is 9.26. The third kappa shape index (κ3) is 10.9. The van der Waals surface area contributed by atoms with E-state index >= 15 is 0 Å². The van der Waals surface area contributed by atoms with Crippen LogP contribution in [0, 0.1) is 0 Å². The lowest BCUT2D eigenvalue weighted by molar-refractivity contribution is -0.0621. The lowest BCUT2D eigenvalue weighted by atomic mass is 10.4. The van der Waals surface area contributed by atoms with Gasteiger partial charge in [0.05, 0.1) is 19.5 Å². The van der Waals surface area contributed by atoms with E-state index in [1.807, 2.05) is 19.1 Å². The fourth-order valence-corrected chi connectivity index (χ4v) is 0.832. The molecule has 0 aromatic heterocycles. The molecule has 15 heavy (non-hydrogen) atoms. The summed E-state index contributed by atoms with van der Waals surface area (Å²) in [5.74, 6) is 0. The summed E-state index contributed by atoms with van der Waals surface area (Å²) in [5, 5.41) is 8.95. The largest absolute Gasteiger partial charge is 0.501 e. The summed E-state index contributed by atoms with van der Waals surface area (Å²) < 4.78 is 10.2. The van der Waals surface area contributed by atoms with Crippen LogP contribution in [0.25, 0.3) is 0 Å². The van der Waals surface area contributed by atoms with Crippen LogP contribution in [-0.4, -0.2) is 24.6 Å². The summed E-state index contributed by atoms with van der Waals surface area (Å²) in [6, 6.07) is 0. The van der Waals surface area contributed by atoms with Gasteiger partial charge in [-0.15, -0.1) is 0 Å². The van der Waals surface area contributed by atoms with Crippen molar-refractivity contribution < 1.29 is 14.6 Å². The van der Waals surface area contributed by atoms with E-state index in [0.717, 1.165) is 6.42 Å². The molecule has 0 saturated heterocycles. The van der Waals surface area contributed by atoms with E-state index in [2.05, 4.69) is 12.7 Å². The average Bonchev–Trinajstić information content (AvgIpc) is 2.26. The van der Waals surface area contributed by atoms with Crippen molar-refractivity contribution in [1.82, 2.24) is 0 Å². The fraction of sp³-hybridized carbons (Fsp3) is 0.500. The monoisotopic (exact) mass is 212 g/mol. The lowest BCUT2D eigenvalue weighted by Gasteiger charge is -2.04. The van der Waals surface area contributed by atoms with Crippen LogP contribution in [-0.2, 0) is 9.47 Å². The topological polar surface area (TPSA) is 38.7 Å². The summed E-state index contributed by atoms with van der Waals surface area (Å²) in [6.07, 6.45) is 9.69. The molecule has 0 amide bonds. The normalized spacial score (nSPS) is 13.5. The molecule has 0 aliphatic carbocycles. The van der Waals surface area contributed by atoms with E-state index in [1.54, 1.807) is 6.26 Å². The van der Waals surface area contributed by atoms with Crippen LogP contribution >= 0.6 is 0 Å². The van der Waals surface area contributed by atoms with Crippen LogP contribution in [0.4, 0.5) is 0 Å². The number of hydrogen-bond acceptors (Lipinski definition) is 3. The summed E-state index contributed by atoms with van der Waals surface area (Å²) in [6.45, 7) is 6.53. The second-order valence-electron chi connectivity index (χ2n) is 2.89. The molecular formula is C12H20O3. The van der Waals surface area contributed by atoms with Gasteiger partial charge in [0.2, 0.25) is 0 Å². The second-order valence-corrected chi connectivity index (χ2v) is 2.89. The summed E-state index contributed by atoms with van der Waals surface area (Å²) in [5.41, 5.74) is 0. The van der Waals surface area contributed by atoms with Gasteiger partial charge in [0.15, 0.2) is 6.29 Å². The minimum Gasteiger partial charge on any atom is -0.501 e. The maximum absolute atomic E-state index is 8.95. The zero-order chi connectivity index (χ0) is 11.4. The summed E-state index contributed by atoms with van der Waals surface area (Å²) in [7, 11) is 0. The molecule has 0 bridgehead atoms. The van der Waals surface area contributed by atoms with E-state index in [-0.39, 0.29) is 0 Å². The quantitative estimate of drug-likeness (QED) is 0.276. The Morgan fingerprint density at radius 1 is 1.27 bits per heavy atom. The molecule has 0 aliphatic heterocycles. The van der Waals surface area contributed by atoms with E-state index in [9.17, 15) is 0 Å². The first kappa shape index (κ1) is 13.9. The Hall–Kier alpha value is -1.06. The minimum atomic E-state index is -0.867. The van der Waals surface area contributed by atoms with Gasteiger partial charge in [-0.25, -0.2) is 0 Å². The average molecular weight is 212 g/mol. The van der Waals surface area contributed by atoms with Gasteiger partial charge >= 0.3 is 0 Å². The molecule has 1 atom stereocenters. The molecule has 0 aromatic carbocycles. The van der Waals surface area contributed by atoms with Gasteiger partial charge in [-0.05, 0) is 31.9 Å². The highest BCUT2D eigenvalue weighted by Gasteiger charge is 1.93. The number of rotatable bonds is 9. The Morgan fingerprint density at radius 2 is 2.00 bits per heavy atom. The maximum atomic E-state index is 8.95. The third-order valence-electron chi connectivity index (χ3n) is 1.61. The van der Waals surface area contributed by atoms with Crippen molar-refractivity contribution in [1.29, 1.82) is 0 Å². The Labute approximate surface area is 91.7 Å². The van der Waals surface area contributed by atoms with Crippen molar-refractivity contribution in [2.75, 3.05) is 13.2 Å². The standard InChI is InChI=1S/C12H20O3/c1-3-5-6-9-14-10-7-8-11-15-12(13)4-2/h3-5,7,10,12-13H,2,6,8-9,11H2,1H3.